The molecule has 0 saturated carbocycles. The molecule has 0 fully saturated rings. The van der Waals surface area contributed by atoms with Crippen molar-refractivity contribution in [2.75, 3.05) is 43.5 Å². The van der Waals surface area contributed by atoms with Gasteiger partial charge in [-0.1, -0.05) is 30.9 Å². The third-order valence-electron chi connectivity index (χ3n) is 5.83. The lowest BCUT2D eigenvalue weighted by Gasteiger charge is -2.34. The molecule has 2 aliphatic rings. The summed E-state index contributed by atoms with van der Waals surface area (Å²) in [5.74, 6) is -0.788. The first kappa shape index (κ1) is 22.8. The molecule has 1 N–H and O–H groups in total. The summed E-state index contributed by atoms with van der Waals surface area (Å²) in [5, 5.41) is 9.64. The number of nitrogens with one attached hydrogen (secondary N) is 1. The second kappa shape index (κ2) is 9.21. The maximum atomic E-state index is 13.9. The molecule has 0 saturated heterocycles. The van der Waals surface area contributed by atoms with Gasteiger partial charge in [-0.15, -0.1) is 0 Å². The molecular formula is C25H30F2N6. The maximum Gasteiger partial charge on any atom is 0.270 e. The Morgan fingerprint density at radius 3 is 2.67 bits per heavy atom. The highest BCUT2D eigenvalue weighted by atomic mass is 19.3. The summed E-state index contributed by atoms with van der Waals surface area (Å²) in [4.78, 5) is 9.17. The van der Waals surface area contributed by atoms with E-state index >= 15 is 0 Å². The lowest BCUT2D eigenvalue weighted by molar-refractivity contribution is 0.0175. The first-order chi connectivity index (χ1) is 15.7. The zero-order valence-corrected chi connectivity index (χ0v) is 19.4. The minimum absolute atomic E-state index is 0.0280. The number of fused-ring (bicyclic) bond motifs is 1. The number of pyridine rings is 1. The molecule has 0 aliphatic carbocycles. The van der Waals surface area contributed by atoms with E-state index in [0.717, 1.165) is 50.9 Å². The normalized spacial score (nSPS) is 16.6. The van der Waals surface area contributed by atoms with E-state index in [4.69, 9.17) is 4.98 Å². The molecule has 174 valence electrons. The van der Waals surface area contributed by atoms with E-state index in [9.17, 15) is 8.78 Å². The SMILES string of the molecule is C=C(NC1=NN(C)CC=C1)N1CCCCN(C)c2ccc(-c3cccc(C(C)(F)F)c3)nc21. The molecule has 3 heterocycles. The summed E-state index contributed by atoms with van der Waals surface area (Å²) in [6.07, 6.45) is 5.97. The molecule has 4 rings (SSSR count). The van der Waals surface area contributed by atoms with Crippen LogP contribution in [0.1, 0.15) is 25.3 Å². The van der Waals surface area contributed by atoms with E-state index in [0.29, 0.717) is 22.9 Å². The molecule has 0 atom stereocenters. The summed E-state index contributed by atoms with van der Waals surface area (Å²) in [5.41, 5.74) is 2.24. The Balaban J connectivity index is 1.72. The number of hydrogen-bond donors (Lipinski definition) is 1. The molecule has 8 heteroatoms. The first-order valence-electron chi connectivity index (χ1n) is 11.1. The van der Waals surface area contributed by atoms with Crippen LogP contribution in [0.5, 0.6) is 0 Å². The smallest absolute Gasteiger partial charge is 0.270 e. The van der Waals surface area contributed by atoms with Gasteiger partial charge in [0.1, 0.15) is 5.82 Å². The van der Waals surface area contributed by atoms with E-state index in [1.54, 1.807) is 6.07 Å². The topological polar surface area (TPSA) is 47.0 Å². The predicted octanol–water partition coefficient (Wildman–Crippen LogP) is 4.77. The predicted molar refractivity (Wildman–Crippen MR) is 131 cm³/mol. The summed E-state index contributed by atoms with van der Waals surface area (Å²) in [6.45, 7) is 7.59. The third kappa shape index (κ3) is 5.16. The Kier molecular flexibility index (Phi) is 6.35. The lowest BCUT2D eigenvalue weighted by Crippen LogP contribution is -2.39. The fraction of sp³-hybridized carbons (Fsp3) is 0.360. The van der Waals surface area contributed by atoms with Gasteiger partial charge in [-0.05, 0) is 37.1 Å². The van der Waals surface area contributed by atoms with Crippen molar-refractivity contribution in [1.29, 1.82) is 0 Å². The van der Waals surface area contributed by atoms with Crippen molar-refractivity contribution in [3.05, 3.63) is 66.5 Å². The van der Waals surface area contributed by atoms with E-state index in [2.05, 4.69) is 26.8 Å². The van der Waals surface area contributed by atoms with E-state index in [-0.39, 0.29) is 5.56 Å². The number of anilines is 2. The number of benzene rings is 1. The minimum atomic E-state index is -2.91. The molecule has 0 bridgehead atoms. The third-order valence-corrected chi connectivity index (χ3v) is 5.83. The zero-order chi connectivity index (χ0) is 23.6. The van der Waals surface area contributed by atoms with Gasteiger partial charge in [0.05, 0.1) is 17.9 Å². The second-order valence-corrected chi connectivity index (χ2v) is 8.59. The van der Waals surface area contributed by atoms with Gasteiger partial charge in [0.25, 0.3) is 5.92 Å². The van der Waals surface area contributed by atoms with Gasteiger partial charge in [0.2, 0.25) is 0 Å². The van der Waals surface area contributed by atoms with Crippen LogP contribution >= 0.6 is 0 Å². The van der Waals surface area contributed by atoms with Crippen LogP contribution in [0.3, 0.4) is 0 Å². The zero-order valence-electron chi connectivity index (χ0n) is 19.4. The molecule has 33 heavy (non-hydrogen) atoms. The van der Waals surface area contributed by atoms with Gasteiger partial charge in [0, 0.05) is 45.2 Å². The molecule has 2 aliphatic heterocycles. The Bertz CT molecular complexity index is 1090. The van der Waals surface area contributed by atoms with Crippen molar-refractivity contribution in [2.45, 2.75) is 25.7 Å². The van der Waals surface area contributed by atoms with Gasteiger partial charge < -0.3 is 15.1 Å². The number of likely N-dealkylation sites (N-methyl/N-ethyl adjacent to an activating group) is 1. The standard InChI is InChI=1S/C25H30F2N6/c1-18(28-23-11-8-15-32(4)30-23)33-16-6-5-14-31(3)22-13-12-21(29-24(22)33)19-9-7-10-20(17-19)25(2,26)27/h7-13,17H,1,5-6,14-16H2,2-4H3,(H,28,30). The summed E-state index contributed by atoms with van der Waals surface area (Å²) < 4.78 is 27.8. The van der Waals surface area contributed by atoms with Gasteiger partial charge in [-0.3, -0.25) is 5.01 Å². The summed E-state index contributed by atoms with van der Waals surface area (Å²) >= 11 is 0. The van der Waals surface area contributed by atoms with Crippen molar-refractivity contribution in [1.82, 2.24) is 15.3 Å². The van der Waals surface area contributed by atoms with Crippen LogP contribution in [0.2, 0.25) is 0 Å². The number of rotatable bonds is 4. The van der Waals surface area contributed by atoms with Crippen molar-refractivity contribution in [3.8, 4) is 11.3 Å². The van der Waals surface area contributed by atoms with Gasteiger partial charge in [0.15, 0.2) is 11.7 Å². The molecule has 0 radical (unpaired) electrons. The molecular weight excluding hydrogens is 422 g/mol. The number of hydrazone groups is 1. The van der Waals surface area contributed by atoms with Crippen LogP contribution in [-0.4, -0.2) is 49.6 Å². The molecule has 1 aromatic heterocycles. The number of aromatic nitrogens is 1. The Labute approximate surface area is 193 Å². The van der Waals surface area contributed by atoms with Crippen molar-refractivity contribution in [3.63, 3.8) is 0 Å². The summed E-state index contributed by atoms with van der Waals surface area (Å²) in [6, 6.07) is 10.3. The van der Waals surface area contributed by atoms with Crippen LogP contribution in [0.4, 0.5) is 20.3 Å². The van der Waals surface area contributed by atoms with Gasteiger partial charge in [-0.2, -0.15) is 5.10 Å². The molecule has 0 unspecified atom stereocenters. The van der Waals surface area contributed by atoms with Crippen molar-refractivity contribution in [2.24, 2.45) is 5.10 Å². The average Bonchev–Trinajstić information content (AvgIpc) is 2.77. The van der Waals surface area contributed by atoms with Crippen LogP contribution in [-0.2, 0) is 5.92 Å². The van der Waals surface area contributed by atoms with Crippen LogP contribution in [0.15, 0.2) is 66.1 Å². The highest BCUT2D eigenvalue weighted by Crippen LogP contribution is 2.35. The maximum absolute atomic E-state index is 13.9. The monoisotopic (exact) mass is 452 g/mol. The highest BCUT2D eigenvalue weighted by Gasteiger charge is 2.26. The summed E-state index contributed by atoms with van der Waals surface area (Å²) in [7, 11) is 3.96. The quantitative estimate of drug-likeness (QED) is 0.724. The lowest BCUT2D eigenvalue weighted by atomic mass is 10.0. The molecule has 0 spiro atoms. The van der Waals surface area contributed by atoms with Crippen molar-refractivity contribution >= 4 is 17.3 Å². The van der Waals surface area contributed by atoms with Gasteiger partial charge >= 0.3 is 0 Å². The van der Waals surface area contributed by atoms with Crippen LogP contribution in [0, 0.1) is 0 Å². The number of amidine groups is 1. The first-order valence-corrected chi connectivity index (χ1v) is 11.1. The van der Waals surface area contributed by atoms with Crippen LogP contribution < -0.4 is 15.1 Å². The molecule has 6 nitrogen and oxygen atoms in total. The van der Waals surface area contributed by atoms with E-state index in [1.807, 2.05) is 49.5 Å². The van der Waals surface area contributed by atoms with Crippen LogP contribution in [0.25, 0.3) is 11.3 Å². The fourth-order valence-corrected chi connectivity index (χ4v) is 4.01. The number of halogens is 2. The second-order valence-electron chi connectivity index (χ2n) is 8.59. The number of alkyl halides is 2. The number of hydrogen-bond acceptors (Lipinski definition) is 6. The Morgan fingerprint density at radius 2 is 1.91 bits per heavy atom. The number of nitrogens with zero attached hydrogens (tertiary/aromatic N) is 5. The van der Waals surface area contributed by atoms with E-state index in [1.165, 1.54) is 12.1 Å². The van der Waals surface area contributed by atoms with Gasteiger partial charge in [-0.25, -0.2) is 13.8 Å². The average molecular weight is 453 g/mol. The molecule has 0 amide bonds. The Morgan fingerprint density at radius 1 is 1.12 bits per heavy atom. The van der Waals surface area contributed by atoms with Crippen molar-refractivity contribution < 1.29 is 8.78 Å². The minimum Gasteiger partial charge on any atom is -0.372 e. The highest BCUT2D eigenvalue weighted by molar-refractivity contribution is 5.95. The largest absolute Gasteiger partial charge is 0.372 e. The fourth-order valence-electron chi connectivity index (χ4n) is 4.01. The molecule has 1 aromatic carbocycles. The molecule has 2 aromatic rings. The van der Waals surface area contributed by atoms with E-state index < -0.39 is 5.92 Å². The Hall–Kier alpha value is -3.42.